The van der Waals surface area contributed by atoms with Gasteiger partial charge in [0.05, 0.1) is 6.54 Å². The summed E-state index contributed by atoms with van der Waals surface area (Å²) in [6.45, 7) is 0.539. The van der Waals surface area contributed by atoms with E-state index in [2.05, 4.69) is 5.32 Å². The van der Waals surface area contributed by atoms with E-state index in [1.807, 2.05) is 19.1 Å². The van der Waals surface area contributed by atoms with Gasteiger partial charge in [0.1, 0.15) is 6.54 Å². The first-order valence-electron chi connectivity index (χ1n) is 5.57. The van der Waals surface area contributed by atoms with Crippen LogP contribution in [0.1, 0.15) is 12.5 Å². The number of rotatable bonds is 5. The van der Waals surface area contributed by atoms with Gasteiger partial charge in [-0.2, -0.15) is 13.2 Å². The van der Waals surface area contributed by atoms with Crippen LogP contribution in [-0.2, 0) is 11.2 Å². The fraction of sp³-hybridized carbons (Fsp3) is 0.417. The Bertz CT molecular complexity index is 387. The number of hydrogen-bond donors (Lipinski definition) is 2. The van der Waals surface area contributed by atoms with Gasteiger partial charge in [0.15, 0.2) is 0 Å². The Morgan fingerprint density at radius 1 is 1.22 bits per heavy atom. The minimum absolute atomic E-state index is 0.179. The first-order valence-corrected chi connectivity index (χ1v) is 5.57. The zero-order valence-corrected chi connectivity index (χ0v) is 9.97. The lowest BCUT2D eigenvalue weighted by molar-refractivity contribution is -0.137. The van der Waals surface area contributed by atoms with Crippen LogP contribution >= 0.6 is 0 Å². The van der Waals surface area contributed by atoms with Crippen molar-refractivity contribution < 1.29 is 18.0 Å². The summed E-state index contributed by atoms with van der Waals surface area (Å²) in [5, 5.41) is 4.54. The Balaban J connectivity index is 2.33. The van der Waals surface area contributed by atoms with Crippen molar-refractivity contribution >= 4 is 11.6 Å². The van der Waals surface area contributed by atoms with Crippen LogP contribution < -0.4 is 10.6 Å². The molecule has 2 N–H and O–H groups in total. The van der Waals surface area contributed by atoms with E-state index in [9.17, 15) is 18.0 Å². The van der Waals surface area contributed by atoms with Crippen molar-refractivity contribution in [3.05, 3.63) is 29.8 Å². The molecule has 1 amide bonds. The normalized spacial score (nSPS) is 11.1. The first-order chi connectivity index (χ1) is 8.40. The van der Waals surface area contributed by atoms with Crippen LogP contribution in [0.25, 0.3) is 0 Å². The van der Waals surface area contributed by atoms with Gasteiger partial charge in [0, 0.05) is 5.69 Å². The quantitative estimate of drug-likeness (QED) is 0.853. The number of carbonyl (C=O) groups is 1. The summed E-state index contributed by atoms with van der Waals surface area (Å²) in [7, 11) is 0. The Labute approximate surface area is 103 Å². The molecule has 3 nitrogen and oxygen atoms in total. The third-order valence-electron chi connectivity index (χ3n) is 2.30. The number of halogens is 3. The first kappa shape index (κ1) is 14.3. The fourth-order valence-electron chi connectivity index (χ4n) is 1.30. The number of amides is 1. The SMILES string of the molecule is CCc1ccc(NCC(=O)NCC(F)(F)F)cc1. The van der Waals surface area contributed by atoms with Crippen LogP contribution in [0, 0.1) is 0 Å². The van der Waals surface area contributed by atoms with Crippen molar-refractivity contribution in [2.24, 2.45) is 0 Å². The number of carbonyl (C=O) groups excluding carboxylic acids is 1. The van der Waals surface area contributed by atoms with Crippen molar-refractivity contribution in [3.8, 4) is 0 Å². The number of alkyl halides is 3. The van der Waals surface area contributed by atoms with Crippen molar-refractivity contribution in [3.63, 3.8) is 0 Å². The molecule has 0 atom stereocenters. The molecule has 0 heterocycles. The third-order valence-corrected chi connectivity index (χ3v) is 2.30. The van der Waals surface area contributed by atoms with Crippen LogP contribution in [0.2, 0.25) is 0 Å². The Hall–Kier alpha value is -1.72. The van der Waals surface area contributed by atoms with E-state index in [1.165, 1.54) is 0 Å². The van der Waals surface area contributed by atoms with Gasteiger partial charge in [-0.25, -0.2) is 0 Å². The molecule has 0 spiro atoms. The van der Waals surface area contributed by atoms with Crippen LogP contribution in [0.5, 0.6) is 0 Å². The fourth-order valence-corrected chi connectivity index (χ4v) is 1.30. The van der Waals surface area contributed by atoms with Crippen LogP contribution in [-0.4, -0.2) is 25.2 Å². The summed E-state index contributed by atoms with van der Waals surface area (Å²) in [5.41, 5.74) is 1.86. The van der Waals surface area contributed by atoms with E-state index in [4.69, 9.17) is 0 Å². The number of benzene rings is 1. The van der Waals surface area contributed by atoms with Gasteiger partial charge in [0.25, 0.3) is 0 Å². The van der Waals surface area contributed by atoms with Gasteiger partial charge in [0.2, 0.25) is 5.91 Å². The number of hydrogen-bond acceptors (Lipinski definition) is 2. The minimum atomic E-state index is -4.38. The van der Waals surface area contributed by atoms with Crippen molar-refractivity contribution in [2.75, 3.05) is 18.4 Å². The predicted octanol–water partition coefficient (Wildman–Crippen LogP) is 2.34. The van der Waals surface area contributed by atoms with Crippen LogP contribution in [0.4, 0.5) is 18.9 Å². The van der Waals surface area contributed by atoms with Crippen molar-refractivity contribution in [1.82, 2.24) is 5.32 Å². The summed E-state index contributed by atoms with van der Waals surface area (Å²) in [6, 6.07) is 7.37. The molecule has 0 saturated carbocycles. The van der Waals surface area contributed by atoms with Crippen molar-refractivity contribution in [1.29, 1.82) is 0 Å². The maximum atomic E-state index is 11.8. The summed E-state index contributed by atoms with van der Waals surface area (Å²) in [5.74, 6) is -0.688. The molecule has 100 valence electrons. The molecule has 0 aliphatic heterocycles. The zero-order chi connectivity index (χ0) is 13.6. The van der Waals surface area contributed by atoms with Gasteiger partial charge in [-0.3, -0.25) is 4.79 Å². The minimum Gasteiger partial charge on any atom is -0.376 e. The smallest absolute Gasteiger partial charge is 0.376 e. The molecule has 0 radical (unpaired) electrons. The average molecular weight is 260 g/mol. The summed E-state index contributed by atoms with van der Waals surface area (Å²) < 4.78 is 35.5. The lowest BCUT2D eigenvalue weighted by Gasteiger charge is -2.10. The van der Waals surface area contributed by atoms with E-state index in [1.54, 1.807) is 17.4 Å². The van der Waals surface area contributed by atoms with Gasteiger partial charge in [-0.05, 0) is 24.1 Å². The highest BCUT2D eigenvalue weighted by Crippen LogP contribution is 2.12. The molecule has 1 rings (SSSR count). The largest absolute Gasteiger partial charge is 0.405 e. The third kappa shape index (κ3) is 5.56. The molecule has 0 aliphatic carbocycles. The van der Waals surface area contributed by atoms with Gasteiger partial charge >= 0.3 is 6.18 Å². The molecule has 0 aromatic heterocycles. The standard InChI is InChI=1S/C12H15F3N2O/c1-2-9-3-5-10(6-4-9)16-7-11(18)17-8-12(13,14)15/h3-6,16H,2,7-8H2,1H3,(H,17,18). The molecular formula is C12H15F3N2O. The molecule has 6 heteroatoms. The molecule has 0 unspecified atom stereocenters. The van der Waals surface area contributed by atoms with E-state index in [-0.39, 0.29) is 6.54 Å². The molecule has 0 saturated heterocycles. The average Bonchev–Trinajstić information content (AvgIpc) is 2.33. The molecular weight excluding hydrogens is 245 g/mol. The Morgan fingerprint density at radius 3 is 2.33 bits per heavy atom. The lowest BCUT2D eigenvalue weighted by atomic mass is 10.1. The second-order valence-corrected chi connectivity index (χ2v) is 3.80. The zero-order valence-electron chi connectivity index (χ0n) is 9.97. The number of nitrogens with one attached hydrogen (secondary N) is 2. The monoisotopic (exact) mass is 260 g/mol. The second-order valence-electron chi connectivity index (χ2n) is 3.80. The molecule has 0 aliphatic rings. The maximum absolute atomic E-state index is 11.8. The van der Waals surface area contributed by atoms with E-state index in [0.717, 1.165) is 12.0 Å². The van der Waals surface area contributed by atoms with Gasteiger partial charge in [-0.15, -0.1) is 0 Å². The second kappa shape index (κ2) is 6.28. The van der Waals surface area contributed by atoms with E-state index < -0.39 is 18.6 Å². The highest BCUT2D eigenvalue weighted by Gasteiger charge is 2.27. The highest BCUT2D eigenvalue weighted by atomic mass is 19.4. The van der Waals surface area contributed by atoms with Crippen LogP contribution in [0.15, 0.2) is 24.3 Å². The summed E-state index contributed by atoms with van der Waals surface area (Å²) in [4.78, 5) is 11.1. The van der Waals surface area contributed by atoms with Gasteiger partial charge in [-0.1, -0.05) is 19.1 Å². The predicted molar refractivity (Wildman–Crippen MR) is 63.4 cm³/mol. The van der Waals surface area contributed by atoms with Crippen LogP contribution in [0.3, 0.4) is 0 Å². The Morgan fingerprint density at radius 2 is 1.83 bits per heavy atom. The van der Waals surface area contributed by atoms with E-state index in [0.29, 0.717) is 5.69 Å². The Kier molecular flexibility index (Phi) is 5.00. The molecule has 18 heavy (non-hydrogen) atoms. The number of aryl methyl sites for hydroxylation is 1. The van der Waals surface area contributed by atoms with E-state index >= 15 is 0 Å². The number of anilines is 1. The van der Waals surface area contributed by atoms with Gasteiger partial charge < -0.3 is 10.6 Å². The molecule has 1 aromatic carbocycles. The summed E-state index contributed by atoms with van der Waals surface area (Å²) >= 11 is 0. The highest BCUT2D eigenvalue weighted by molar-refractivity contribution is 5.80. The van der Waals surface area contributed by atoms with Crippen molar-refractivity contribution in [2.45, 2.75) is 19.5 Å². The molecule has 1 aromatic rings. The summed E-state index contributed by atoms with van der Waals surface area (Å²) in [6.07, 6.45) is -3.47. The lowest BCUT2D eigenvalue weighted by Crippen LogP contribution is -2.37. The maximum Gasteiger partial charge on any atom is 0.405 e. The molecule has 0 bridgehead atoms. The topological polar surface area (TPSA) is 41.1 Å². The molecule has 0 fully saturated rings.